The van der Waals surface area contributed by atoms with Crippen molar-refractivity contribution in [2.45, 2.75) is 13.0 Å². The van der Waals surface area contributed by atoms with Crippen LogP contribution in [0.25, 0.3) is 10.9 Å². The summed E-state index contributed by atoms with van der Waals surface area (Å²) in [6, 6.07) is 10.8. The second-order valence-electron chi connectivity index (χ2n) is 5.92. The summed E-state index contributed by atoms with van der Waals surface area (Å²) in [4.78, 5) is 30.4. The lowest BCUT2D eigenvalue weighted by Gasteiger charge is -2.27. The molecule has 1 aliphatic rings. The molecule has 5 nitrogen and oxygen atoms in total. The van der Waals surface area contributed by atoms with E-state index in [0.717, 1.165) is 4.90 Å². The Morgan fingerprint density at radius 3 is 2.68 bits per heavy atom. The Kier molecular flexibility index (Phi) is 3.46. The van der Waals surface area contributed by atoms with E-state index >= 15 is 0 Å². The third-order valence-electron chi connectivity index (χ3n) is 4.31. The third kappa shape index (κ3) is 2.52. The first kappa shape index (κ1) is 15.3. The number of phenols is 1. The minimum Gasteiger partial charge on any atom is -0.505 e. The molecule has 25 heavy (non-hydrogen) atoms. The second kappa shape index (κ2) is 5.66. The number of benzene rings is 2. The number of phenolic OH excluding ortho intramolecular Hbond substituents is 1. The minimum absolute atomic E-state index is 0.0145. The number of nitrogens with zero attached hydrogens (tertiary/aromatic N) is 2. The molecular weight excluding hydrogens is 323 g/mol. The van der Waals surface area contributed by atoms with Gasteiger partial charge in [-0.25, -0.2) is 4.39 Å². The van der Waals surface area contributed by atoms with Crippen LogP contribution in [-0.2, 0) is 17.8 Å². The van der Waals surface area contributed by atoms with E-state index in [9.17, 15) is 19.1 Å². The third-order valence-corrected chi connectivity index (χ3v) is 4.31. The fraction of sp³-hybridized carbons (Fsp3) is 0.105. The number of aromatic hydroxyl groups is 1. The number of carbonyl (C=O) groups is 2. The molecule has 1 N–H and O–H groups in total. The Morgan fingerprint density at radius 1 is 1.16 bits per heavy atom. The van der Waals surface area contributed by atoms with Gasteiger partial charge in [0, 0.05) is 11.6 Å². The summed E-state index contributed by atoms with van der Waals surface area (Å²) in [5, 5.41) is 11.2. The monoisotopic (exact) mass is 336 g/mol. The van der Waals surface area contributed by atoms with Crippen molar-refractivity contribution in [1.29, 1.82) is 0 Å². The van der Waals surface area contributed by atoms with Crippen LogP contribution in [-0.4, -0.2) is 26.8 Å². The van der Waals surface area contributed by atoms with Crippen LogP contribution in [0, 0.1) is 5.82 Å². The average molecular weight is 336 g/mol. The van der Waals surface area contributed by atoms with Crippen molar-refractivity contribution in [3.05, 3.63) is 71.2 Å². The smallest absolute Gasteiger partial charge is 0.264 e. The predicted molar refractivity (Wildman–Crippen MR) is 88.4 cm³/mol. The van der Waals surface area contributed by atoms with Gasteiger partial charge in [0.25, 0.3) is 5.91 Å². The fourth-order valence-corrected chi connectivity index (χ4v) is 3.08. The highest BCUT2D eigenvalue weighted by Gasteiger charge is 2.34. The molecule has 1 aliphatic heterocycles. The number of carbonyl (C=O) groups excluding carboxylic acids is 2. The number of rotatable bonds is 2. The zero-order chi connectivity index (χ0) is 17.6. The number of amides is 2. The molecule has 0 fully saturated rings. The van der Waals surface area contributed by atoms with Gasteiger partial charge in [-0.05, 0) is 35.4 Å². The molecule has 3 aromatic rings. The molecule has 0 saturated heterocycles. The molecule has 0 unspecified atom stereocenters. The van der Waals surface area contributed by atoms with Gasteiger partial charge in [0.1, 0.15) is 11.3 Å². The molecule has 0 spiro atoms. The van der Waals surface area contributed by atoms with Crippen LogP contribution >= 0.6 is 0 Å². The van der Waals surface area contributed by atoms with Gasteiger partial charge in [0.05, 0.1) is 18.5 Å². The van der Waals surface area contributed by atoms with Gasteiger partial charge in [-0.1, -0.05) is 18.2 Å². The van der Waals surface area contributed by atoms with Crippen LogP contribution in [0.1, 0.15) is 21.5 Å². The summed E-state index contributed by atoms with van der Waals surface area (Å²) < 4.78 is 13.0. The Hall–Kier alpha value is -3.28. The predicted octanol–water partition coefficient (Wildman–Crippen LogP) is 2.80. The van der Waals surface area contributed by atoms with Crippen molar-refractivity contribution in [2.75, 3.05) is 0 Å². The zero-order valence-electron chi connectivity index (χ0n) is 13.1. The molecule has 0 aliphatic carbocycles. The van der Waals surface area contributed by atoms with Gasteiger partial charge in [0.2, 0.25) is 5.91 Å². The first-order chi connectivity index (χ1) is 12.0. The summed E-state index contributed by atoms with van der Waals surface area (Å²) in [5.41, 5.74) is 1.55. The number of aromatic nitrogens is 1. The molecule has 1 aromatic heterocycles. The molecule has 124 valence electrons. The lowest BCUT2D eigenvalue weighted by molar-refractivity contribution is -0.128. The Bertz CT molecular complexity index is 1020. The van der Waals surface area contributed by atoms with Crippen LogP contribution in [0.4, 0.5) is 4.39 Å². The number of hydrogen-bond acceptors (Lipinski definition) is 4. The Balaban J connectivity index is 1.77. The van der Waals surface area contributed by atoms with Crippen molar-refractivity contribution < 1.29 is 19.1 Å². The number of halogens is 1. The van der Waals surface area contributed by atoms with Crippen LogP contribution in [0.3, 0.4) is 0 Å². The quantitative estimate of drug-likeness (QED) is 0.731. The topological polar surface area (TPSA) is 70.5 Å². The summed E-state index contributed by atoms with van der Waals surface area (Å²) >= 11 is 0. The van der Waals surface area contributed by atoms with E-state index in [1.807, 2.05) is 0 Å². The summed E-state index contributed by atoms with van der Waals surface area (Å²) in [5.74, 6) is -1.53. The van der Waals surface area contributed by atoms with Crippen LogP contribution in [0.5, 0.6) is 5.75 Å². The number of fused-ring (bicyclic) bond motifs is 2. The van der Waals surface area contributed by atoms with E-state index in [1.54, 1.807) is 18.2 Å². The lowest BCUT2D eigenvalue weighted by atomic mass is 9.94. The van der Waals surface area contributed by atoms with E-state index < -0.39 is 5.91 Å². The van der Waals surface area contributed by atoms with Crippen LogP contribution in [0.2, 0.25) is 0 Å². The Labute approximate surface area is 142 Å². The molecule has 2 amide bonds. The first-order valence-electron chi connectivity index (χ1n) is 7.73. The molecule has 2 aromatic carbocycles. The maximum absolute atomic E-state index is 13.0. The van der Waals surface area contributed by atoms with E-state index in [0.29, 0.717) is 22.0 Å². The molecule has 0 atom stereocenters. The average Bonchev–Trinajstić information content (AvgIpc) is 2.60. The van der Waals surface area contributed by atoms with E-state index in [2.05, 4.69) is 4.98 Å². The van der Waals surface area contributed by atoms with Gasteiger partial charge in [0.15, 0.2) is 5.75 Å². The van der Waals surface area contributed by atoms with Crippen molar-refractivity contribution in [3.8, 4) is 5.75 Å². The highest BCUT2D eigenvalue weighted by atomic mass is 19.1. The largest absolute Gasteiger partial charge is 0.505 e. The maximum Gasteiger partial charge on any atom is 0.264 e. The second-order valence-corrected chi connectivity index (χ2v) is 5.92. The van der Waals surface area contributed by atoms with Gasteiger partial charge in [-0.15, -0.1) is 0 Å². The minimum atomic E-state index is -0.569. The zero-order valence-corrected chi connectivity index (χ0v) is 13.1. The van der Waals surface area contributed by atoms with Gasteiger partial charge < -0.3 is 5.11 Å². The number of hydrogen-bond donors (Lipinski definition) is 1. The van der Waals surface area contributed by atoms with Crippen molar-refractivity contribution in [3.63, 3.8) is 0 Å². The molecule has 0 bridgehead atoms. The molecule has 4 rings (SSSR count). The fourth-order valence-electron chi connectivity index (χ4n) is 3.08. The van der Waals surface area contributed by atoms with Crippen LogP contribution < -0.4 is 0 Å². The van der Waals surface area contributed by atoms with Gasteiger partial charge in [-0.3, -0.25) is 19.5 Å². The standard InChI is InChI=1S/C19H13FN2O3/c20-14-5-3-11(4-6-14)10-22-15(23)9-13-8-12-2-1-7-21-17(12)18(24)16(13)19(22)25/h1-8,24H,9-10H2. The van der Waals surface area contributed by atoms with Gasteiger partial charge in [-0.2, -0.15) is 0 Å². The van der Waals surface area contributed by atoms with E-state index in [1.165, 1.54) is 30.5 Å². The molecule has 0 radical (unpaired) electrons. The van der Waals surface area contributed by atoms with Crippen LogP contribution in [0.15, 0.2) is 48.7 Å². The van der Waals surface area contributed by atoms with E-state index in [-0.39, 0.29) is 36.0 Å². The number of imide groups is 1. The lowest BCUT2D eigenvalue weighted by Crippen LogP contribution is -2.41. The van der Waals surface area contributed by atoms with Gasteiger partial charge >= 0.3 is 0 Å². The van der Waals surface area contributed by atoms with E-state index in [4.69, 9.17) is 0 Å². The molecular formula is C19H13FN2O3. The first-order valence-corrected chi connectivity index (χ1v) is 7.73. The summed E-state index contributed by atoms with van der Waals surface area (Å²) in [6.07, 6.45) is 1.55. The van der Waals surface area contributed by atoms with Crippen molar-refractivity contribution in [2.24, 2.45) is 0 Å². The van der Waals surface area contributed by atoms with Crippen molar-refractivity contribution >= 4 is 22.7 Å². The SMILES string of the molecule is O=C1Cc2cc3cccnc3c(O)c2C(=O)N1Cc1ccc(F)cc1. The molecule has 6 heteroatoms. The molecule has 2 heterocycles. The summed E-state index contributed by atoms with van der Waals surface area (Å²) in [6.45, 7) is 0.0249. The summed E-state index contributed by atoms with van der Waals surface area (Å²) in [7, 11) is 0. The highest BCUT2D eigenvalue weighted by Crippen LogP contribution is 2.34. The Morgan fingerprint density at radius 2 is 1.92 bits per heavy atom. The maximum atomic E-state index is 13.0. The normalized spacial score (nSPS) is 14.0. The highest BCUT2D eigenvalue weighted by molar-refractivity contribution is 6.13. The number of pyridine rings is 1. The molecule has 0 saturated carbocycles. The van der Waals surface area contributed by atoms with Crippen molar-refractivity contribution in [1.82, 2.24) is 9.88 Å².